The van der Waals surface area contributed by atoms with E-state index in [1.54, 1.807) is 0 Å². The lowest BCUT2D eigenvalue weighted by molar-refractivity contribution is 0.396. The van der Waals surface area contributed by atoms with Crippen molar-refractivity contribution in [1.82, 2.24) is 5.32 Å². The molecule has 0 saturated heterocycles. The molecule has 89 valence electrons. The monoisotopic (exact) mass is 227 g/mol. The Hall–Kier alpha value is -1.31. The SMILES string of the molecule is CC1(C2=Nc3ccccc3[N]2)CCCCCC1. The Labute approximate surface area is 103 Å². The summed E-state index contributed by atoms with van der Waals surface area (Å²) >= 11 is 0. The minimum Gasteiger partial charge on any atom is -0.231 e. The zero-order valence-electron chi connectivity index (χ0n) is 10.4. The van der Waals surface area contributed by atoms with Gasteiger partial charge in [0.2, 0.25) is 0 Å². The maximum atomic E-state index is 4.74. The third kappa shape index (κ3) is 1.97. The fourth-order valence-electron chi connectivity index (χ4n) is 2.91. The van der Waals surface area contributed by atoms with E-state index in [0.717, 1.165) is 17.2 Å². The van der Waals surface area contributed by atoms with E-state index in [1.807, 2.05) is 12.1 Å². The Morgan fingerprint density at radius 3 is 2.24 bits per heavy atom. The van der Waals surface area contributed by atoms with Crippen molar-refractivity contribution < 1.29 is 0 Å². The molecule has 1 aromatic carbocycles. The molecule has 0 amide bonds. The van der Waals surface area contributed by atoms with Gasteiger partial charge in [-0.2, -0.15) is 0 Å². The average molecular weight is 227 g/mol. The smallest absolute Gasteiger partial charge is 0.135 e. The molecule has 0 atom stereocenters. The molecule has 1 aliphatic heterocycles. The third-order valence-electron chi connectivity index (χ3n) is 4.08. The second kappa shape index (κ2) is 4.17. The minimum atomic E-state index is 0.204. The van der Waals surface area contributed by atoms with Crippen LogP contribution in [0.15, 0.2) is 29.3 Å². The summed E-state index contributed by atoms with van der Waals surface area (Å²) in [6.07, 6.45) is 7.86. The number of benzene rings is 1. The van der Waals surface area contributed by atoms with Crippen molar-refractivity contribution in [2.24, 2.45) is 10.4 Å². The van der Waals surface area contributed by atoms with Crippen LogP contribution < -0.4 is 5.32 Å². The molecule has 1 aromatic rings. The van der Waals surface area contributed by atoms with Crippen molar-refractivity contribution in [2.45, 2.75) is 45.4 Å². The van der Waals surface area contributed by atoms with E-state index >= 15 is 0 Å². The molecule has 0 unspecified atom stereocenters. The van der Waals surface area contributed by atoms with E-state index < -0.39 is 0 Å². The molecule has 0 bridgehead atoms. The van der Waals surface area contributed by atoms with E-state index in [0.29, 0.717) is 0 Å². The predicted molar refractivity (Wildman–Crippen MR) is 71.1 cm³/mol. The molecular formula is C15H19N2. The molecule has 0 N–H and O–H groups in total. The Balaban J connectivity index is 1.87. The van der Waals surface area contributed by atoms with Crippen LogP contribution in [0.1, 0.15) is 45.4 Å². The van der Waals surface area contributed by atoms with Gasteiger partial charge >= 0.3 is 0 Å². The third-order valence-corrected chi connectivity index (χ3v) is 4.08. The zero-order chi connectivity index (χ0) is 11.7. The number of nitrogens with zero attached hydrogens (tertiary/aromatic N) is 2. The standard InChI is InChI=1S/C15H19N2/c1-15(10-6-2-3-7-11-15)14-16-12-8-4-5-9-13(12)17-14/h4-5,8-9H,2-3,6-7,10-11H2,1H3. The fraction of sp³-hybridized carbons (Fsp3) is 0.533. The van der Waals surface area contributed by atoms with Gasteiger partial charge in [-0.05, 0) is 25.0 Å². The molecule has 1 saturated carbocycles. The topological polar surface area (TPSA) is 26.5 Å². The van der Waals surface area contributed by atoms with Gasteiger partial charge in [-0.25, -0.2) is 10.3 Å². The summed E-state index contributed by atoms with van der Waals surface area (Å²) in [4.78, 5) is 4.74. The fourth-order valence-corrected chi connectivity index (χ4v) is 2.91. The maximum Gasteiger partial charge on any atom is 0.135 e. The van der Waals surface area contributed by atoms with E-state index in [4.69, 9.17) is 10.3 Å². The highest BCUT2D eigenvalue weighted by Crippen LogP contribution is 2.41. The number of hydrogen-bond acceptors (Lipinski definition) is 1. The Kier molecular flexibility index (Phi) is 2.65. The second-order valence-electron chi connectivity index (χ2n) is 5.51. The van der Waals surface area contributed by atoms with Crippen molar-refractivity contribution >= 4 is 17.2 Å². The van der Waals surface area contributed by atoms with Gasteiger partial charge in [0.1, 0.15) is 5.84 Å². The van der Waals surface area contributed by atoms with Crippen LogP contribution in [0.25, 0.3) is 0 Å². The second-order valence-corrected chi connectivity index (χ2v) is 5.51. The van der Waals surface area contributed by atoms with Crippen LogP contribution in [0.3, 0.4) is 0 Å². The maximum absolute atomic E-state index is 4.74. The molecule has 17 heavy (non-hydrogen) atoms. The van der Waals surface area contributed by atoms with Gasteiger partial charge in [0.25, 0.3) is 0 Å². The number of para-hydroxylation sites is 2. The lowest BCUT2D eigenvalue weighted by atomic mass is 9.81. The predicted octanol–water partition coefficient (Wildman–Crippen LogP) is 4.33. The van der Waals surface area contributed by atoms with Crippen LogP contribution >= 0.6 is 0 Å². The highest BCUT2D eigenvalue weighted by Gasteiger charge is 2.35. The van der Waals surface area contributed by atoms with Gasteiger partial charge in [0, 0.05) is 5.41 Å². The Bertz CT molecular complexity index is 440. The summed E-state index contributed by atoms with van der Waals surface area (Å²) in [5, 5.41) is 4.74. The molecule has 3 rings (SSSR count). The number of aliphatic imine (C=N–C) groups is 1. The highest BCUT2D eigenvalue weighted by atomic mass is 15.1. The van der Waals surface area contributed by atoms with Crippen LogP contribution in [0, 0.1) is 5.41 Å². The normalized spacial score (nSPS) is 22.3. The number of amidine groups is 1. The van der Waals surface area contributed by atoms with E-state index in [1.165, 1.54) is 38.5 Å². The summed E-state index contributed by atoms with van der Waals surface area (Å²) in [5.41, 5.74) is 2.30. The first kappa shape index (κ1) is 10.8. The van der Waals surface area contributed by atoms with Crippen molar-refractivity contribution in [2.75, 3.05) is 0 Å². The van der Waals surface area contributed by atoms with E-state index in [2.05, 4.69) is 19.1 Å². The lowest BCUT2D eigenvalue weighted by Gasteiger charge is -2.27. The van der Waals surface area contributed by atoms with Crippen LogP contribution in [0.4, 0.5) is 11.4 Å². The number of rotatable bonds is 1. The number of fused-ring (bicyclic) bond motifs is 1. The molecule has 2 heteroatoms. The molecule has 2 aliphatic rings. The summed E-state index contributed by atoms with van der Waals surface area (Å²) < 4.78 is 0. The molecular weight excluding hydrogens is 208 g/mol. The molecule has 0 aromatic heterocycles. The van der Waals surface area contributed by atoms with E-state index in [9.17, 15) is 0 Å². The summed E-state index contributed by atoms with van der Waals surface area (Å²) in [6, 6.07) is 8.20. The van der Waals surface area contributed by atoms with E-state index in [-0.39, 0.29) is 5.41 Å². The molecule has 2 nitrogen and oxygen atoms in total. The van der Waals surface area contributed by atoms with Gasteiger partial charge in [0.05, 0.1) is 11.4 Å². The Morgan fingerprint density at radius 1 is 0.941 bits per heavy atom. The number of hydrogen-bond donors (Lipinski definition) is 0. The van der Waals surface area contributed by atoms with Crippen LogP contribution in [-0.2, 0) is 0 Å². The van der Waals surface area contributed by atoms with Crippen molar-refractivity contribution in [3.05, 3.63) is 24.3 Å². The zero-order valence-corrected chi connectivity index (χ0v) is 10.4. The first-order valence-electron chi connectivity index (χ1n) is 6.68. The molecule has 1 aliphatic carbocycles. The van der Waals surface area contributed by atoms with Crippen LogP contribution in [0.5, 0.6) is 0 Å². The molecule has 0 spiro atoms. The summed E-state index contributed by atoms with van der Waals surface area (Å²) in [6.45, 7) is 2.34. The van der Waals surface area contributed by atoms with Crippen molar-refractivity contribution in [1.29, 1.82) is 0 Å². The molecule has 1 radical (unpaired) electrons. The molecule has 1 heterocycles. The Morgan fingerprint density at radius 2 is 1.59 bits per heavy atom. The van der Waals surface area contributed by atoms with Gasteiger partial charge in [-0.1, -0.05) is 44.7 Å². The van der Waals surface area contributed by atoms with Gasteiger partial charge in [-0.15, -0.1) is 0 Å². The van der Waals surface area contributed by atoms with Crippen molar-refractivity contribution in [3.63, 3.8) is 0 Å². The minimum absolute atomic E-state index is 0.204. The first-order valence-corrected chi connectivity index (χ1v) is 6.68. The largest absolute Gasteiger partial charge is 0.231 e. The van der Waals surface area contributed by atoms with Crippen LogP contribution in [0.2, 0.25) is 0 Å². The van der Waals surface area contributed by atoms with Gasteiger partial charge in [0.15, 0.2) is 0 Å². The van der Waals surface area contributed by atoms with Crippen molar-refractivity contribution in [3.8, 4) is 0 Å². The summed E-state index contributed by atoms with van der Waals surface area (Å²) in [5.74, 6) is 1.07. The average Bonchev–Trinajstić information content (AvgIpc) is 2.66. The summed E-state index contributed by atoms with van der Waals surface area (Å²) in [7, 11) is 0. The first-order chi connectivity index (χ1) is 8.28. The van der Waals surface area contributed by atoms with Gasteiger partial charge in [-0.3, -0.25) is 0 Å². The highest BCUT2D eigenvalue weighted by molar-refractivity contribution is 5.99. The van der Waals surface area contributed by atoms with Gasteiger partial charge < -0.3 is 0 Å². The lowest BCUT2D eigenvalue weighted by Crippen LogP contribution is -2.30. The molecule has 1 fully saturated rings. The van der Waals surface area contributed by atoms with Crippen LogP contribution in [-0.4, -0.2) is 5.84 Å². The quantitative estimate of drug-likeness (QED) is 0.638.